The lowest BCUT2D eigenvalue weighted by molar-refractivity contribution is -0.128. The molecular weight excluding hydrogens is 502 g/mol. The van der Waals surface area contributed by atoms with E-state index in [-0.39, 0.29) is 5.91 Å². The van der Waals surface area contributed by atoms with Gasteiger partial charge in [-0.25, -0.2) is 9.50 Å². The monoisotopic (exact) mass is 531 g/mol. The predicted octanol–water partition coefficient (Wildman–Crippen LogP) is 6.09. The number of hydrogen-bond donors (Lipinski definition) is 1. The van der Waals surface area contributed by atoms with E-state index < -0.39 is 5.41 Å². The van der Waals surface area contributed by atoms with E-state index in [1.807, 2.05) is 74.3 Å². The van der Waals surface area contributed by atoms with Gasteiger partial charge >= 0.3 is 0 Å². The van der Waals surface area contributed by atoms with Gasteiger partial charge in [0.05, 0.1) is 46.0 Å². The summed E-state index contributed by atoms with van der Waals surface area (Å²) in [6.07, 6.45) is 4.05. The second kappa shape index (κ2) is 10.5. The van der Waals surface area contributed by atoms with Crippen molar-refractivity contribution in [2.24, 2.45) is 10.4 Å². The Morgan fingerprint density at radius 2 is 2.00 bits per heavy atom. The zero-order valence-corrected chi connectivity index (χ0v) is 22.9. The number of hydrogen-bond acceptors (Lipinski definition) is 7. The van der Waals surface area contributed by atoms with Crippen molar-refractivity contribution in [3.63, 3.8) is 0 Å². The van der Waals surface area contributed by atoms with E-state index >= 15 is 0 Å². The van der Waals surface area contributed by atoms with Crippen LogP contribution >= 0.6 is 23.1 Å². The molecule has 0 radical (unpaired) electrons. The lowest BCUT2D eigenvalue weighted by Crippen LogP contribution is -2.37. The number of aliphatic imine (C=N–C) groups is 1. The number of carbonyl (C=O) groups excluding carboxylic acids is 1. The number of rotatable bonds is 7. The van der Waals surface area contributed by atoms with E-state index in [0.29, 0.717) is 19.7 Å². The van der Waals surface area contributed by atoms with E-state index in [2.05, 4.69) is 28.5 Å². The van der Waals surface area contributed by atoms with Crippen molar-refractivity contribution < 1.29 is 9.53 Å². The number of thiazole rings is 1. The molecule has 7 nitrogen and oxygen atoms in total. The van der Waals surface area contributed by atoms with Crippen LogP contribution in [0.5, 0.6) is 5.75 Å². The van der Waals surface area contributed by atoms with Crippen molar-refractivity contribution in [3.05, 3.63) is 65.3 Å². The van der Waals surface area contributed by atoms with Gasteiger partial charge in [-0.2, -0.15) is 5.10 Å². The SMILES string of the molecule is Cc1nn2ccc(OCCNC(=O)C(C)(C)C)cc2c1-c1nc(-c2ccccc2)c(C2=CCN=CS2)s1. The number of ether oxygens (including phenoxy) is 1. The Morgan fingerprint density at radius 1 is 1.19 bits per heavy atom. The largest absolute Gasteiger partial charge is 0.492 e. The number of aromatic nitrogens is 3. The van der Waals surface area contributed by atoms with Crippen LogP contribution in [-0.4, -0.2) is 45.7 Å². The third kappa shape index (κ3) is 5.47. The summed E-state index contributed by atoms with van der Waals surface area (Å²) in [5, 5.41) is 8.57. The zero-order valence-electron chi connectivity index (χ0n) is 21.3. The fraction of sp³-hybridized carbons (Fsp3) is 0.286. The Bertz CT molecular complexity index is 1500. The van der Waals surface area contributed by atoms with Crippen LogP contribution in [0, 0.1) is 12.3 Å². The Hall–Kier alpha value is -3.43. The summed E-state index contributed by atoms with van der Waals surface area (Å²) in [4.78, 5) is 23.9. The maximum atomic E-state index is 12.1. The van der Waals surface area contributed by atoms with Gasteiger partial charge in [0, 0.05) is 28.1 Å². The third-order valence-corrected chi connectivity index (χ3v) is 7.98. The van der Waals surface area contributed by atoms with E-state index in [9.17, 15) is 4.79 Å². The summed E-state index contributed by atoms with van der Waals surface area (Å²) in [6, 6.07) is 14.2. The number of nitrogens with one attached hydrogen (secondary N) is 1. The van der Waals surface area contributed by atoms with Gasteiger partial charge in [-0.1, -0.05) is 62.9 Å². The van der Waals surface area contributed by atoms with Crippen molar-refractivity contribution in [1.29, 1.82) is 0 Å². The van der Waals surface area contributed by atoms with Crippen LogP contribution in [0.4, 0.5) is 0 Å². The Labute approximate surface area is 224 Å². The average Bonchev–Trinajstić information content (AvgIpc) is 3.47. The van der Waals surface area contributed by atoms with E-state index in [0.717, 1.165) is 43.7 Å². The van der Waals surface area contributed by atoms with Gasteiger partial charge in [-0.05, 0) is 19.1 Å². The second-order valence-corrected chi connectivity index (χ2v) is 11.6. The van der Waals surface area contributed by atoms with Crippen LogP contribution in [-0.2, 0) is 4.79 Å². The number of aryl methyl sites for hydroxylation is 1. The lowest BCUT2D eigenvalue weighted by atomic mass is 9.96. The maximum Gasteiger partial charge on any atom is 0.225 e. The molecule has 4 heterocycles. The highest BCUT2D eigenvalue weighted by atomic mass is 32.2. The summed E-state index contributed by atoms with van der Waals surface area (Å²) in [7, 11) is 0. The molecule has 0 fully saturated rings. The smallest absolute Gasteiger partial charge is 0.225 e. The number of carbonyl (C=O) groups is 1. The van der Waals surface area contributed by atoms with Gasteiger partial charge in [0.15, 0.2) is 0 Å². The second-order valence-electron chi connectivity index (χ2n) is 9.73. The van der Waals surface area contributed by atoms with Gasteiger partial charge in [0.2, 0.25) is 5.91 Å². The first-order valence-corrected chi connectivity index (χ1v) is 13.8. The molecule has 0 atom stereocenters. The first-order valence-electron chi connectivity index (χ1n) is 12.1. The molecule has 1 N–H and O–H groups in total. The minimum atomic E-state index is -0.424. The minimum absolute atomic E-state index is 0.00608. The van der Waals surface area contributed by atoms with Crippen LogP contribution in [0.3, 0.4) is 0 Å². The summed E-state index contributed by atoms with van der Waals surface area (Å²) in [5.41, 5.74) is 6.36. The molecule has 0 bridgehead atoms. The van der Waals surface area contributed by atoms with Gasteiger partial charge < -0.3 is 10.1 Å². The Kier molecular flexibility index (Phi) is 7.17. The molecule has 0 unspecified atom stereocenters. The standard InChI is InChI=1S/C28H29N5O2S2/c1-18-23(21-16-20(11-14-33(21)32-18)35-15-13-30-27(34)28(2,3)4)26-31-24(19-8-6-5-7-9-19)25(37-26)22-10-12-29-17-36-22/h5-11,14,16-17H,12-13,15H2,1-4H3,(H,30,34). The molecule has 0 saturated carbocycles. The average molecular weight is 532 g/mol. The van der Waals surface area contributed by atoms with E-state index in [1.54, 1.807) is 23.1 Å². The number of pyridine rings is 1. The van der Waals surface area contributed by atoms with E-state index in [1.165, 1.54) is 4.91 Å². The zero-order chi connectivity index (χ0) is 26.0. The summed E-state index contributed by atoms with van der Waals surface area (Å²) >= 11 is 3.31. The molecule has 0 saturated heterocycles. The van der Waals surface area contributed by atoms with Crippen LogP contribution in [0.2, 0.25) is 0 Å². The first kappa shape index (κ1) is 25.2. The summed E-state index contributed by atoms with van der Waals surface area (Å²) in [6.45, 7) is 9.19. The molecule has 0 spiro atoms. The molecule has 5 rings (SSSR count). The Balaban J connectivity index is 1.47. The molecule has 0 aliphatic carbocycles. The Morgan fingerprint density at radius 3 is 2.73 bits per heavy atom. The van der Waals surface area contributed by atoms with Crippen LogP contribution < -0.4 is 10.1 Å². The molecule has 3 aromatic heterocycles. The van der Waals surface area contributed by atoms with Crippen molar-refractivity contribution in [2.75, 3.05) is 19.7 Å². The molecule has 1 aliphatic rings. The molecule has 190 valence electrons. The van der Waals surface area contributed by atoms with Crippen molar-refractivity contribution in [3.8, 4) is 27.6 Å². The van der Waals surface area contributed by atoms with E-state index in [4.69, 9.17) is 14.8 Å². The number of fused-ring (bicyclic) bond motifs is 1. The first-order chi connectivity index (χ1) is 17.8. The number of amides is 1. The van der Waals surface area contributed by atoms with Crippen LogP contribution in [0.15, 0.2) is 59.7 Å². The third-order valence-electron chi connectivity index (χ3n) is 5.87. The normalized spacial score (nSPS) is 13.6. The molecule has 37 heavy (non-hydrogen) atoms. The highest BCUT2D eigenvalue weighted by Gasteiger charge is 2.23. The van der Waals surface area contributed by atoms with Crippen LogP contribution in [0.1, 0.15) is 31.3 Å². The van der Waals surface area contributed by atoms with Gasteiger partial charge in [0.25, 0.3) is 0 Å². The fourth-order valence-electron chi connectivity index (χ4n) is 3.95. The maximum absolute atomic E-state index is 12.1. The highest BCUT2D eigenvalue weighted by Crippen LogP contribution is 2.43. The quantitative estimate of drug-likeness (QED) is 0.292. The molecular formula is C28H29N5O2S2. The molecule has 1 aromatic carbocycles. The van der Waals surface area contributed by atoms with Crippen LogP contribution in [0.25, 0.3) is 32.3 Å². The predicted molar refractivity (Wildman–Crippen MR) is 153 cm³/mol. The summed E-state index contributed by atoms with van der Waals surface area (Å²) < 4.78 is 7.84. The highest BCUT2D eigenvalue weighted by molar-refractivity contribution is 8.20. The fourth-order valence-corrected chi connectivity index (χ4v) is 6.00. The lowest BCUT2D eigenvalue weighted by Gasteiger charge is -2.17. The molecule has 4 aromatic rings. The molecule has 9 heteroatoms. The molecule has 1 amide bonds. The number of thioether (sulfide) groups is 1. The molecule has 1 aliphatic heterocycles. The van der Waals surface area contributed by atoms with Gasteiger partial charge in [-0.3, -0.25) is 9.79 Å². The number of benzene rings is 1. The minimum Gasteiger partial charge on any atom is -0.492 e. The number of nitrogens with zero attached hydrogens (tertiary/aromatic N) is 4. The van der Waals surface area contributed by atoms with Crippen molar-refractivity contribution in [1.82, 2.24) is 19.9 Å². The topological polar surface area (TPSA) is 80.9 Å². The van der Waals surface area contributed by atoms with Crippen molar-refractivity contribution in [2.45, 2.75) is 27.7 Å². The van der Waals surface area contributed by atoms with Crippen molar-refractivity contribution >= 4 is 45.0 Å². The van der Waals surface area contributed by atoms with Gasteiger partial charge in [-0.15, -0.1) is 11.3 Å². The van der Waals surface area contributed by atoms with Gasteiger partial charge in [0.1, 0.15) is 17.4 Å². The summed E-state index contributed by atoms with van der Waals surface area (Å²) in [5.74, 6) is 0.729.